The van der Waals surface area contributed by atoms with Crippen LogP contribution in [0.5, 0.6) is 0 Å². The van der Waals surface area contributed by atoms with Crippen molar-refractivity contribution in [1.29, 1.82) is 0 Å². The Morgan fingerprint density at radius 1 is 1.38 bits per heavy atom. The van der Waals surface area contributed by atoms with Crippen LogP contribution in [0.1, 0.15) is 12.0 Å². The van der Waals surface area contributed by atoms with Gasteiger partial charge in [-0.3, -0.25) is 9.59 Å². The highest BCUT2D eigenvalue weighted by Gasteiger charge is 2.28. The molecule has 1 aliphatic rings. The molecular weight excluding hydrogens is 233 g/mol. The SMILES string of the molecule is O=C1CCN(Cc2ccc(F)c(Cl)c2)C1=O. The van der Waals surface area contributed by atoms with Crippen LogP contribution in [0.3, 0.4) is 0 Å². The summed E-state index contributed by atoms with van der Waals surface area (Å²) in [7, 11) is 0. The number of rotatable bonds is 2. The molecule has 0 atom stereocenters. The lowest BCUT2D eigenvalue weighted by atomic mass is 10.2. The molecule has 0 unspecified atom stereocenters. The summed E-state index contributed by atoms with van der Waals surface area (Å²) < 4.78 is 12.9. The molecular formula is C11H9ClFNO2. The van der Waals surface area contributed by atoms with E-state index in [4.69, 9.17) is 11.6 Å². The van der Waals surface area contributed by atoms with Crippen LogP contribution in [-0.4, -0.2) is 23.1 Å². The number of carbonyl (C=O) groups is 2. The van der Waals surface area contributed by atoms with Gasteiger partial charge in [-0.15, -0.1) is 0 Å². The van der Waals surface area contributed by atoms with E-state index in [0.717, 1.165) is 5.56 Å². The van der Waals surface area contributed by atoms with Gasteiger partial charge in [-0.2, -0.15) is 0 Å². The van der Waals surface area contributed by atoms with Crippen molar-refractivity contribution in [1.82, 2.24) is 4.90 Å². The van der Waals surface area contributed by atoms with Crippen LogP contribution in [0.25, 0.3) is 0 Å². The van der Waals surface area contributed by atoms with Gasteiger partial charge in [0.25, 0.3) is 5.91 Å². The summed E-state index contributed by atoms with van der Waals surface area (Å²) in [5.41, 5.74) is 0.717. The Morgan fingerprint density at radius 3 is 2.69 bits per heavy atom. The molecule has 0 N–H and O–H groups in total. The Balaban J connectivity index is 2.12. The van der Waals surface area contributed by atoms with Crippen LogP contribution in [0, 0.1) is 5.82 Å². The smallest absolute Gasteiger partial charge is 0.290 e. The molecule has 0 aliphatic carbocycles. The number of hydrogen-bond acceptors (Lipinski definition) is 2. The lowest BCUT2D eigenvalue weighted by Gasteiger charge is -2.14. The molecule has 1 aromatic carbocycles. The Kier molecular flexibility index (Phi) is 2.92. The minimum Gasteiger partial charge on any atom is -0.331 e. The van der Waals surface area contributed by atoms with E-state index in [1.165, 1.54) is 17.0 Å². The molecule has 2 rings (SSSR count). The van der Waals surface area contributed by atoms with Gasteiger partial charge in [0.1, 0.15) is 5.82 Å². The minimum absolute atomic E-state index is 0.0236. The fraction of sp³-hybridized carbons (Fsp3) is 0.273. The zero-order chi connectivity index (χ0) is 11.7. The van der Waals surface area contributed by atoms with Crippen LogP contribution in [0.2, 0.25) is 5.02 Å². The molecule has 16 heavy (non-hydrogen) atoms. The number of hydrogen-bond donors (Lipinski definition) is 0. The number of ketones is 1. The van der Waals surface area contributed by atoms with Crippen molar-refractivity contribution in [2.75, 3.05) is 6.54 Å². The average molecular weight is 242 g/mol. The normalized spacial score (nSPS) is 16.0. The van der Waals surface area contributed by atoms with E-state index in [2.05, 4.69) is 0 Å². The lowest BCUT2D eigenvalue weighted by molar-refractivity contribution is -0.140. The fourth-order valence-electron chi connectivity index (χ4n) is 1.63. The molecule has 0 aromatic heterocycles. The molecule has 3 nitrogen and oxygen atoms in total. The first-order valence-corrected chi connectivity index (χ1v) is 5.22. The van der Waals surface area contributed by atoms with Gasteiger partial charge < -0.3 is 4.90 Å². The standard InChI is InChI=1S/C11H9ClFNO2/c12-8-5-7(1-2-9(8)13)6-14-4-3-10(15)11(14)16/h1-2,5H,3-4,6H2. The molecule has 5 heteroatoms. The second-order valence-corrected chi connectivity index (χ2v) is 4.06. The van der Waals surface area contributed by atoms with E-state index in [1.807, 2.05) is 0 Å². The topological polar surface area (TPSA) is 37.4 Å². The zero-order valence-corrected chi connectivity index (χ0v) is 9.13. The molecule has 0 saturated carbocycles. The molecule has 1 saturated heterocycles. The number of nitrogens with zero attached hydrogens (tertiary/aromatic N) is 1. The highest BCUT2D eigenvalue weighted by atomic mass is 35.5. The van der Waals surface area contributed by atoms with Gasteiger partial charge in [0.15, 0.2) is 0 Å². The van der Waals surface area contributed by atoms with E-state index < -0.39 is 11.7 Å². The van der Waals surface area contributed by atoms with E-state index in [1.54, 1.807) is 6.07 Å². The maximum Gasteiger partial charge on any atom is 0.290 e. The summed E-state index contributed by atoms with van der Waals surface area (Å²) in [4.78, 5) is 23.8. The zero-order valence-electron chi connectivity index (χ0n) is 8.37. The van der Waals surface area contributed by atoms with E-state index in [9.17, 15) is 14.0 Å². The van der Waals surface area contributed by atoms with Crippen LogP contribution >= 0.6 is 11.6 Å². The quantitative estimate of drug-likeness (QED) is 0.741. The molecule has 0 bridgehead atoms. The van der Waals surface area contributed by atoms with Crippen molar-refractivity contribution in [2.45, 2.75) is 13.0 Å². The monoisotopic (exact) mass is 241 g/mol. The summed E-state index contributed by atoms with van der Waals surface area (Å²) in [5.74, 6) is -1.33. The minimum atomic E-state index is -0.491. The molecule has 0 radical (unpaired) electrons. The summed E-state index contributed by atoms with van der Waals surface area (Å²) in [6.07, 6.45) is 0.258. The van der Waals surface area contributed by atoms with Crippen LogP contribution in [0.15, 0.2) is 18.2 Å². The number of carbonyl (C=O) groups excluding carboxylic acids is 2. The Labute approximate surface area is 96.8 Å². The average Bonchev–Trinajstić information content (AvgIpc) is 2.55. The van der Waals surface area contributed by atoms with Gasteiger partial charge >= 0.3 is 0 Å². The Morgan fingerprint density at radius 2 is 2.12 bits per heavy atom. The van der Waals surface area contributed by atoms with Crippen molar-refractivity contribution < 1.29 is 14.0 Å². The fourth-order valence-corrected chi connectivity index (χ4v) is 1.83. The number of halogens is 2. The van der Waals surface area contributed by atoms with Gasteiger partial charge in [-0.25, -0.2) is 4.39 Å². The van der Waals surface area contributed by atoms with E-state index in [-0.39, 0.29) is 17.2 Å². The first kappa shape index (κ1) is 11.1. The third-order valence-corrected chi connectivity index (χ3v) is 2.78. The van der Waals surface area contributed by atoms with Crippen molar-refractivity contribution >= 4 is 23.3 Å². The molecule has 1 fully saturated rings. The predicted octanol–water partition coefficient (Wildman–Crippen LogP) is 1.78. The highest BCUT2D eigenvalue weighted by Crippen LogP contribution is 2.18. The van der Waals surface area contributed by atoms with Gasteiger partial charge in [-0.1, -0.05) is 17.7 Å². The third kappa shape index (κ3) is 2.07. The largest absolute Gasteiger partial charge is 0.331 e. The lowest BCUT2D eigenvalue weighted by Crippen LogP contribution is -2.26. The predicted molar refractivity (Wildman–Crippen MR) is 56.5 cm³/mol. The number of amides is 1. The van der Waals surface area contributed by atoms with Gasteiger partial charge in [0.2, 0.25) is 5.78 Å². The van der Waals surface area contributed by atoms with Gasteiger partial charge in [-0.05, 0) is 17.7 Å². The molecule has 1 aromatic rings. The van der Waals surface area contributed by atoms with Crippen molar-refractivity contribution in [3.8, 4) is 0 Å². The number of benzene rings is 1. The Bertz CT molecular complexity index is 461. The highest BCUT2D eigenvalue weighted by molar-refractivity contribution is 6.37. The summed E-state index contributed by atoms with van der Waals surface area (Å²) in [6, 6.07) is 4.27. The summed E-state index contributed by atoms with van der Waals surface area (Å²) in [5, 5.41) is 0.0236. The first-order chi connectivity index (χ1) is 7.58. The molecule has 1 amide bonds. The van der Waals surface area contributed by atoms with Crippen LogP contribution in [0.4, 0.5) is 4.39 Å². The Hall–Kier alpha value is -1.42. The molecule has 84 valence electrons. The first-order valence-electron chi connectivity index (χ1n) is 4.84. The summed E-state index contributed by atoms with van der Waals surface area (Å²) in [6.45, 7) is 0.719. The maximum absolute atomic E-state index is 12.9. The van der Waals surface area contributed by atoms with E-state index >= 15 is 0 Å². The summed E-state index contributed by atoms with van der Waals surface area (Å²) >= 11 is 5.62. The van der Waals surface area contributed by atoms with E-state index in [0.29, 0.717) is 13.1 Å². The maximum atomic E-state index is 12.9. The van der Waals surface area contributed by atoms with Crippen molar-refractivity contribution in [3.05, 3.63) is 34.6 Å². The van der Waals surface area contributed by atoms with Crippen LogP contribution < -0.4 is 0 Å². The van der Waals surface area contributed by atoms with Crippen LogP contribution in [-0.2, 0) is 16.1 Å². The molecule has 1 aliphatic heterocycles. The number of likely N-dealkylation sites (tertiary alicyclic amines) is 1. The van der Waals surface area contributed by atoms with Crippen molar-refractivity contribution in [2.24, 2.45) is 0 Å². The van der Waals surface area contributed by atoms with Gasteiger partial charge in [0, 0.05) is 19.5 Å². The number of Topliss-reactive ketones (excluding diaryl/α,β-unsaturated/α-hetero) is 1. The second kappa shape index (κ2) is 4.22. The van der Waals surface area contributed by atoms with Crippen molar-refractivity contribution in [3.63, 3.8) is 0 Å². The molecule has 1 heterocycles. The second-order valence-electron chi connectivity index (χ2n) is 3.65. The molecule has 0 spiro atoms. The van der Waals surface area contributed by atoms with Gasteiger partial charge in [0.05, 0.1) is 5.02 Å². The third-order valence-electron chi connectivity index (χ3n) is 2.49.